The Bertz CT molecular complexity index is 149. The van der Waals surface area contributed by atoms with Crippen molar-refractivity contribution < 1.29 is 9.53 Å². The van der Waals surface area contributed by atoms with Crippen LogP contribution in [0.25, 0.3) is 0 Å². The molecule has 15 heavy (non-hydrogen) atoms. The molecule has 0 aliphatic rings. The Morgan fingerprint density at radius 1 is 1.07 bits per heavy atom. The molecule has 0 heterocycles. The first-order valence-electron chi connectivity index (χ1n) is 6.07. The van der Waals surface area contributed by atoms with Crippen LogP contribution in [-0.4, -0.2) is 18.3 Å². The van der Waals surface area contributed by atoms with E-state index in [9.17, 15) is 4.79 Å². The Morgan fingerprint density at radius 3 is 2.40 bits per heavy atom. The zero-order valence-corrected chi connectivity index (χ0v) is 10.7. The van der Waals surface area contributed by atoms with Gasteiger partial charge in [0.2, 0.25) is 0 Å². The van der Waals surface area contributed by atoms with Gasteiger partial charge in [0, 0.05) is 6.42 Å². The second-order valence-electron chi connectivity index (χ2n) is 3.82. The molecule has 0 saturated heterocycles. The number of unbranched alkanes of at least 4 members (excludes halogenated alkanes) is 5. The fraction of sp³-hybridized carbons (Fsp3) is 0.917. The van der Waals surface area contributed by atoms with E-state index in [0.29, 0.717) is 13.0 Å². The van der Waals surface area contributed by atoms with Crippen LogP contribution in [0.2, 0.25) is 0 Å². The van der Waals surface area contributed by atoms with Gasteiger partial charge in [0.05, 0.1) is 6.61 Å². The van der Waals surface area contributed by atoms with Crippen LogP contribution >= 0.6 is 12.6 Å². The summed E-state index contributed by atoms with van der Waals surface area (Å²) < 4.78 is 5.02. The lowest BCUT2D eigenvalue weighted by atomic mass is 10.1. The average Bonchev–Trinajstić information content (AvgIpc) is 2.23. The SMILES string of the molecule is CCCCCCCCC(=O)OCCCS. The molecule has 2 nitrogen and oxygen atoms in total. The molecule has 0 radical (unpaired) electrons. The summed E-state index contributed by atoms with van der Waals surface area (Å²) in [4.78, 5) is 11.2. The lowest BCUT2D eigenvalue weighted by Crippen LogP contribution is -2.05. The minimum absolute atomic E-state index is 0.0488. The van der Waals surface area contributed by atoms with Crippen LogP contribution in [-0.2, 0) is 9.53 Å². The van der Waals surface area contributed by atoms with Crippen LogP contribution in [0, 0.1) is 0 Å². The van der Waals surface area contributed by atoms with Crippen molar-refractivity contribution in [2.45, 2.75) is 58.3 Å². The van der Waals surface area contributed by atoms with Crippen molar-refractivity contribution in [1.29, 1.82) is 0 Å². The number of rotatable bonds is 10. The van der Waals surface area contributed by atoms with Gasteiger partial charge in [0.15, 0.2) is 0 Å². The largest absolute Gasteiger partial charge is 0.466 e. The highest BCUT2D eigenvalue weighted by Gasteiger charge is 2.01. The third-order valence-electron chi connectivity index (χ3n) is 2.30. The van der Waals surface area contributed by atoms with Crippen LogP contribution in [0.1, 0.15) is 58.3 Å². The van der Waals surface area contributed by atoms with Crippen LogP contribution in [0.15, 0.2) is 0 Å². The maximum absolute atomic E-state index is 11.2. The zero-order valence-electron chi connectivity index (χ0n) is 9.83. The Morgan fingerprint density at radius 2 is 1.73 bits per heavy atom. The first-order valence-corrected chi connectivity index (χ1v) is 6.71. The summed E-state index contributed by atoms with van der Waals surface area (Å²) in [5.41, 5.74) is 0. The normalized spacial score (nSPS) is 10.3. The van der Waals surface area contributed by atoms with Gasteiger partial charge >= 0.3 is 5.97 Å². The van der Waals surface area contributed by atoms with Gasteiger partial charge < -0.3 is 4.74 Å². The second kappa shape index (κ2) is 11.9. The van der Waals surface area contributed by atoms with Gasteiger partial charge in [0.1, 0.15) is 0 Å². The molecule has 0 fully saturated rings. The van der Waals surface area contributed by atoms with Gasteiger partial charge in [-0.25, -0.2) is 0 Å². The van der Waals surface area contributed by atoms with E-state index in [1.807, 2.05) is 0 Å². The molecule has 3 heteroatoms. The molecule has 0 spiro atoms. The molecule has 0 aliphatic carbocycles. The molecular weight excluding hydrogens is 208 g/mol. The fourth-order valence-electron chi connectivity index (χ4n) is 1.37. The standard InChI is InChI=1S/C12H24O2S/c1-2-3-4-5-6-7-9-12(13)14-10-8-11-15/h15H,2-11H2,1H3. The maximum Gasteiger partial charge on any atom is 0.305 e. The number of esters is 1. The third-order valence-corrected chi connectivity index (χ3v) is 2.62. The van der Waals surface area contributed by atoms with E-state index < -0.39 is 0 Å². The van der Waals surface area contributed by atoms with Crippen molar-refractivity contribution in [3.05, 3.63) is 0 Å². The molecule has 0 aromatic heterocycles. The van der Waals surface area contributed by atoms with E-state index in [-0.39, 0.29) is 5.97 Å². The molecule has 0 saturated carbocycles. The molecule has 0 atom stereocenters. The number of carbonyl (C=O) groups excluding carboxylic acids is 1. The average molecular weight is 232 g/mol. The molecule has 0 amide bonds. The van der Waals surface area contributed by atoms with Crippen LogP contribution in [0.3, 0.4) is 0 Å². The quantitative estimate of drug-likeness (QED) is 0.354. The van der Waals surface area contributed by atoms with E-state index in [0.717, 1.165) is 25.0 Å². The van der Waals surface area contributed by atoms with Crippen molar-refractivity contribution in [2.24, 2.45) is 0 Å². The van der Waals surface area contributed by atoms with Gasteiger partial charge in [-0.3, -0.25) is 4.79 Å². The van der Waals surface area contributed by atoms with E-state index >= 15 is 0 Å². The van der Waals surface area contributed by atoms with E-state index in [1.165, 1.54) is 25.7 Å². The summed E-state index contributed by atoms with van der Waals surface area (Å²) in [5, 5.41) is 0. The molecule has 0 N–H and O–H groups in total. The Hall–Kier alpha value is -0.180. The Kier molecular flexibility index (Phi) is 11.7. The van der Waals surface area contributed by atoms with E-state index in [2.05, 4.69) is 19.6 Å². The summed E-state index contributed by atoms with van der Waals surface area (Å²) in [7, 11) is 0. The Labute approximate surface area is 99.2 Å². The van der Waals surface area contributed by atoms with Gasteiger partial charge in [-0.1, -0.05) is 39.0 Å². The van der Waals surface area contributed by atoms with E-state index in [1.54, 1.807) is 0 Å². The summed E-state index contributed by atoms with van der Waals surface area (Å²) in [5.74, 6) is 0.733. The molecule has 90 valence electrons. The summed E-state index contributed by atoms with van der Waals surface area (Å²) in [6.45, 7) is 2.73. The summed E-state index contributed by atoms with van der Waals surface area (Å²) >= 11 is 4.05. The summed E-state index contributed by atoms with van der Waals surface area (Å²) in [6.07, 6.45) is 8.69. The molecule has 0 aromatic rings. The molecular formula is C12H24O2S. The minimum atomic E-state index is -0.0488. The van der Waals surface area contributed by atoms with Crippen LogP contribution in [0.5, 0.6) is 0 Å². The van der Waals surface area contributed by atoms with Gasteiger partial charge in [-0.05, 0) is 18.6 Å². The second-order valence-corrected chi connectivity index (χ2v) is 4.26. The third kappa shape index (κ3) is 11.7. The van der Waals surface area contributed by atoms with Gasteiger partial charge in [-0.15, -0.1) is 0 Å². The lowest BCUT2D eigenvalue weighted by molar-refractivity contribution is -0.143. The fourth-order valence-corrected chi connectivity index (χ4v) is 1.50. The number of hydrogen-bond donors (Lipinski definition) is 1. The van der Waals surface area contributed by atoms with E-state index in [4.69, 9.17) is 4.74 Å². The number of thiol groups is 1. The van der Waals surface area contributed by atoms with Crippen molar-refractivity contribution in [2.75, 3.05) is 12.4 Å². The highest BCUT2D eigenvalue weighted by atomic mass is 32.1. The highest BCUT2D eigenvalue weighted by Crippen LogP contribution is 2.07. The lowest BCUT2D eigenvalue weighted by Gasteiger charge is -2.03. The first-order chi connectivity index (χ1) is 7.31. The van der Waals surface area contributed by atoms with Crippen LogP contribution in [0.4, 0.5) is 0 Å². The topological polar surface area (TPSA) is 26.3 Å². The maximum atomic E-state index is 11.2. The van der Waals surface area contributed by atoms with Crippen molar-refractivity contribution in [3.63, 3.8) is 0 Å². The number of carbonyl (C=O) groups is 1. The molecule has 0 unspecified atom stereocenters. The van der Waals surface area contributed by atoms with Crippen LogP contribution < -0.4 is 0 Å². The van der Waals surface area contributed by atoms with Crippen molar-refractivity contribution in [3.8, 4) is 0 Å². The molecule has 0 aromatic carbocycles. The smallest absolute Gasteiger partial charge is 0.305 e. The molecule has 0 aliphatic heterocycles. The Balaban J connectivity index is 3.10. The van der Waals surface area contributed by atoms with Crippen molar-refractivity contribution in [1.82, 2.24) is 0 Å². The minimum Gasteiger partial charge on any atom is -0.466 e. The first kappa shape index (κ1) is 14.8. The zero-order chi connectivity index (χ0) is 11.4. The van der Waals surface area contributed by atoms with Gasteiger partial charge in [-0.2, -0.15) is 12.6 Å². The predicted octanol–water partition coefficient (Wildman–Crippen LogP) is 3.60. The monoisotopic (exact) mass is 232 g/mol. The predicted molar refractivity (Wildman–Crippen MR) is 67.4 cm³/mol. The molecule has 0 bridgehead atoms. The number of ether oxygens (including phenoxy) is 1. The number of hydrogen-bond acceptors (Lipinski definition) is 3. The summed E-state index contributed by atoms with van der Waals surface area (Å²) in [6, 6.07) is 0. The van der Waals surface area contributed by atoms with Gasteiger partial charge in [0.25, 0.3) is 0 Å². The highest BCUT2D eigenvalue weighted by molar-refractivity contribution is 7.80. The molecule has 0 rings (SSSR count). The van der Waals surface area contributed by atoms with Crippen molar-refractivity contribution >= 4 is 18.6 Å².